The molecule has 0 saturated heterocycles. The van der Waals surface area contributed by atoms with E-state index < -0.39 is 0 Å². The van der Waals surface area contributed by atoms with Crippen molar-refractivity contribution < 1.29 is 0 Å². The second kappa shape index (κ2) is 11.8. The van der Waals surface area contributed by atoms with E-state index in [2.05, 4.69) is 140 Å². The fourth-order valence-corrected chi connectivity index (χ4v) is 4.93. The van der Waals surface area contributed by atoms with Gasteiger partial charge in [-0.1, -0.05) is 90.3 Å². The third-order valence-electron chi connectivity index (χ3n) is 6.96. The highest BCUT2D eigenvalue weighted by Gasteiger charge is 2.15. The third-order valence-corrected chi connectivity index (χ3v) is 6.96. The molecule has 0 radical (unpaired) electrons. The molecule has 3 aliphatic rings. The molecule has 37 heavy (non-hydrogen) atoms. The maximum Gasteiger partial charge on any atom is 0.0464 e. The first kappa shape index (κ1) is 24.7. The van der Waals surface area contributed by atoms with Gasteiger partial charge in [-0.05, 0) is 99.1 Å². The van der Waals surface area contributed by atoms with Crippen molar-refractivity contribution in [3.05, 3.63) is 137 Å². The van der Waals surface area contributed by atoms with E-state index in [-0.39, 0.29) is 0 Å². The lowest BCUT2D eigenvalue weighted by molar-refractivity contribution is 0.855. The Bertz CT molecular complexity index is 1410. The molecule has 0 spiro atoms. The van der Waals surface area contributed by atoms with Crippen molar-refractivity contribution in [1.82, 2.24) is 0 Å². The number of rotatable bonds is 4. The number of allylic oxidation sites excluding steroid dienone is 13. The predicted octanol–water partition coefficient (Wildman–Crippen LogP) is 9.55. The van der Waals surface area contributed by atoms with Gasteiger partial charge in [0, 0.05) is 28.6 Å². The fraction of sp³-hybridized carbons (Fsp3) is 0.222. The van der Waals surface area contributed by atoms with Crippen molar-refractivity contribution in [2.24, 2.45) is 5.92 Å². The molecule has 2 aromatic carbocycles. The molecular formula is C36H35N. The number of hydrogen-bond acceptors (Lipinski definition) is 1. The molecule has 184 valence electrons. The van der Waals surface area contributed by atoms with E-state index in [0.29, 0.717) is 5.92 Å². The zero-order valence-corrected chi connectivity index (χ0v) is 22.0. The summed E-state index contributed by atoms with van der Waals surface area (Å²) in [4.78, 5) is 2.35. The quantitative estimate of drug-likeness (QED) is 0.310. The van der Waals surface area contributed by atoms with Gasteiger partial charge in [-0.25, -0.2) is 0 Å². The molecule has 0 saturated carbocycles. The Morgan fingerprint density at radius 1 is 0.865 bits per heavy atom. The second-order valence-electron chi connectivity index (χ2n) is 10.0. The van der Waals surface area contributed by atoms with Crippen LogP contribution < -0.4 is 4.90 Å². The number of nitrogens with zero attached hydrogens (tertiary/aromatic N) is 1. The largest absolute Gasteiger partial charge is 0.310 e. The lowest BCUT2D eigenvalue weighted by Crippen LogP contribution is -2.15. The Hall–Kier alpha value is -4.02. The van der Waals surface area contributed by atoms with Crippen LogP contribution in [0.4, 0.5) is 11.4 Å². The van der Waals surface area contributed by atoms with Crippen molar-refractivity contribution in [3.8, 4) is 11.8 Å². The average Bonchev–Trinajstić information content (AvgIpc) is 3.31. The monoisotopic (exact) mass is 481 g/mol. The van der Waals surface area contributed by atoms with Crippen LogP contribution in [0, 0.1) is 24.7 Å². The third kappa shape index (κ3) is 6.41. The summed E-state index contributed by atoms with van der Waals surface area (Å²) in [6.45, 7) is 4.35. The molecule has 1 heteroatoms. The fourth-order valence-electron chi connectivity index (χ4n) is 4.93. The van der Waals surface area contributed by atoms with Crippen LogP contribution in [0.1, 0.15) is 50.2 Å². The van der Waals surface area contributed by atoms with Crippen molar-refractivity contribution in [1.29, 1.82) is 0 Å². The molecule has 0 amide bonds. The van der Waals surface area contributed by atoms with E-state index in [1.165, 1.54) is 39.2 Å². The Kier molecular flexibility index (Phi) is 7.87. The van der Waals surface area contributed by atoms with Gasteiger partial charge in [-0.15, -0.1) is 0 Å². The Labute approximate surface area is 222 Å². The van der Waals surface area contributed by atoms with Crippen molar-refractivity contribution in [3.63, 3.8) is 0 Å². The zero-order chi connectivity index (χ0) is 25.5. The van der Waals surface area contributed by atoms with Gasteiger partial charge in [-0.3, -0.25) is 0 Å². The lowest BCUT2D eigenvalue weighted by atomic mass is 9.93. The van der Waals surface area contributed by atoms with E-state index in [1.807, 2.05) is 0 Å². The first-order chi connectivity index (χ1) is 18.2. The van der Waals surface area contributed by atoms with Crippen molar-refractivity contribution in [2.45, 2.75) is 46.0 Å². The molecule has 1 nitrogen and oxygen atoms in total. The highest BCUT2D eigenvalue weighted by molar-refractivity contribution is 5.78. The minimum atomic E-state index is 0.290. The number of benzene rings is 2. The van der Waals surface area contributed by atoms with Crippen LogP contribution >= 0.6 is 0 Å². The first-order valence-electron chi connectivity index (χ1n) is 13.4. The molecule has 0 bridgehead atoms. The molecule has 3 aliphatic carbocycles. The molecule has 5 rings (SSSR count). The molecule has 2 aromatic rings. The summed E-state index contributed by atoms with van der Waals surface area (Å²) in [6.07, 6.45) is 27.7. The van der Waals surface area contributed by atoms with E-state index in [4.69, 9.17) is 0 Å². The van der Waals surface area contributed by atoms with Gasteiger partial charge in [0.1, 0.15) is 0 Å². The average molecular weight is 482 g/mol. The summed E-state index contributed by atoms with van der Waals surface area (Å²) in [6, 6.07) is 17.7. The number of hydrogen-bond donors (Lipinski definition) is 0. The van der Waals surface area contributed by atoms with E-state index in [0.717, 1.165) is 37.8 Å². The molecule has 1 atom stereocenters. The van der Waals surface area contributed by atoms with Crippen LogP contribution in [0.3, 0.4) is 0 Å². The van der Waals surface area contributed by atoms with Gasteiger partial charge < -0.3 is 4.90 Å². The molecule has 0 fully saturated rings. The molecular weight excluding hydrogens is 446 g/mol. The van der Waals surface area contributed by atoms with Crippen LogP contribution in [0.5, 0.6) is 0 Å². The predicted molar refractivity (Wildman–Crippen MR) is 159 cm³/mol. The van der Waals surface area contributed by atoms with Gasteiger partial charge in [0.15, 0.2) is 0 Å². The summed E-state index contributed by atoms with van der Waals surface area (Å²) in [5.41, 5.74) is 9.91. The molecule has 0 N–H and O–H groups in total. The molecule has 0 aliphatic heterocycles. The standard InChI is InChI=1S/C36H35N/c1-28-10-7-8-14-35(26-28)37(36-15-9-11-29(2)27-36)34-24-22-33(23-25-34)32-20-18-31(19-21-32)17-16-30-12-5-3-4-6-13-30/h3,5,7-9,11,13-15,18,20-27,31H,4,6,10,12,19H2,1-2H3. The summed E-state index contributed by atoms with van der Waals surface area (Å²) < 4.78 is 0. The Morgan fingerprint density at radius 3 is 2.57 bits per heavy atom. The van der Waals surface area contributed by atoms with Crippen LogP contribution in [-0.2, 0) is 0 Å². The molecule has 0 aromatic heterocycles. The first-order valence-corrected chi connectivity index (χ1v) is 13.4. The number of aryl methyl sites for hydroxylation is 1. The molecule has 0 heterocycles. The van der Waals surface area contributed by atoms with E-state index in [1.54, 1.807) is 0 Å². The molecule has 1 unspecified atom stereocenters. The summed E-state index contributed by atoms with van der Waals surface area (Å²) in [5.74, 6) is 7.19. The topological polar surface area (TPSA) is 3.24 Å². The van der Waals surface area contributed by atoms with Gasteiger partial charge in [0.05, 0.1) is 0 Å². The van der Waals surface area contributed by atoms with Gasteiger partial charge in [0.2, 0.25) is 0 Å². The minimum absolute atomic E-state index is 0.290. The van der Waals surface area contributed by atoms with Crippen molar-refractivity contribution >= 4 is 16.9 Å². The SMILES string of the molecule is CC1=CC(N(c2ccc(C3=CCC(C#CC4=CCCC=CC4)C=C3)cc2)c2cccc(C)c2)=CC=CC1. The van der Waals surface area contributed by atoms with Gasteiger partial charge in [-0.2, -0.15) is 0 Å². The van der Waals surface area contributed by atoms with Crippen LogP contribution in [0.15, 0.2) is 126 Å². The lowest BCUT2D eigenvalue weighted by Gasteiger charge is -2.27. The van der Waals surface area contributed by atoms with E-state index in [9.17, 15) is 0 Å². The maximum atomic E-state index is 3.48. The van der Waals surface area contributed by atoms with Gasteiger partial charge >= 0.3 is 0 Å². The second-order valence-corrected chi connectivity index (χ2v) is 10.0. The zero-order valence-electron chi connectivity index (χ0n) is 22.0. The van der Waals surface area contributed by atoms with Crippen LogP contribution in [0.2, 0.25) is 0 Å². The van der Waals surface area contributed by atoms with Gasteiger partial charge in [0.25, 0.3) is 0 Å². The van der Waals surface area contributed by atoms with Crippen molar-refractivity contribution in [2.75, 3.05) is 4.90 Å². The maximum absolute atomic E-state index is 3.48. The number of anilines is 2. The summed E-state index contributed by atoms with van der Waals surface area (Å²) >= 11 is 0. The highest BCUT2D eigenvalue weighted by atomic mass is 15.1. The Balaban J connectivity index is 1.36. The van der Waals surface area contributed by atoms with E-state index >= 15 is 0 Å². The van der Waals surface area contributed by atoms with Crippen LogP contribution in [-0.4, -0.2) is 0 Å². The summed E-state index contributed by atoms with van der Waals surface area (Å²) in [7, 11) is 0. The smallest absolute Gasteiger partial charge is 0.0464 e. The highest BCUT2D eigenvalue weighted by Crippen LogP contribution is 2.34. The normalized spacial score (nSPS) is 18.9. The minimum Gasteiger partial charge on any atom is -0.310 e. The van der Waals surface area contributed by atoms with Crippen LogP contribution in [0.25, 0.3) is 5.57 Å². The Morgan fingerprint density at radius 2 is 1.76 bits per heavy atom. The summed E-state index contributed by atoms with van der Waals surface area (Å²) in [5, 5.41) is 0.